The molecule has 3 rings (SSSR count). The van der Waals surface area contributed by atoms with Crippen molar-refractivity contribution in [1.82, 2.24) is 14.5 Å². The Hall–Kier alpha value is -2.53. The van der Waals surface area contributed by atoms with Gasteiger partial charge >= 0.3 is 5.97 Å². The molecule has 1 aliphatic rings. The number of esters is 1. The SMILES string of the molecule is CCOC(=O)C=C(C)c1cn(C2O[C@H](CO)[C@@H](O)C2(C)O)c2ncnc(N)c12. The third-order valence-corrected chi connectivity index (χ3v) is 4.87. The molecule has 10 heteroatoms. The maximum absolute atomic E-state index is 11.8. The minimum Gasteiger partial charge on any atom is -0.463 e. The first-order chi connectivity index (χ1) is 13.2. The number of nitrogens with zero attached hydrogens (tertiary/aromatic N) is 3. The summed E-state index contributed by atoms with van der Waals surface area (Å²) in [5.41, 5.74) is 5.82. The summed E-state index contributed by atoms with van der Waals surface area (Å²) in [5.74, 6) is -0.316. The fraction of sp³-hybridized carbons (Fsp3) is 0.500. The average molecular weight is 392 g/mol. The summed E-state index contributed by atoms with van der Waals surface area (Å²) in [6, 6.07) is 0. The summed E-state index contributed by atoms with van der Waals surface area (Å²) >= 11 is 0. The van der Waals surface area contributed by atoms with Crippen LogP contribution in [-0.2, 0) is 14.3 Å². The number of hydrogen-bond acceptors (Lipinski definition) is 9. The fourth-order valence-electron chi connectivity index (χ4n) is 3.41. The second-order valence-electron chi connectivity index (χ2n) is 6.87. The highest BCUT2D eigenvalue weighted by Gasteiger charge is 2.53. The Balaban J connectivity index is 2.16. The van der Waals surface area contributed by atoms with E-state index in [4.69, 9.17) is 15.2 Å². The van der Waals surface area contributed by atoms with Crippen LogP contribution in [0.3, 0.4) is 0 Å². The number of nitrogens with two attached hydrogens (primary N) is 1. The van der Waals surface area contributed by atoms with Crippen LogP contribution in [0.1, 0.15) is 32.6 Å². The fourth-order valence-corrected chi connectivity index (χ4v) is 3.41. The van der Waals surface area contributed by atoms with E-state index in [1.165, 1.54) is 23.9 Å². The van der Waals surface area contributed by atoms with Crippen LogP contribution in [0.15, 0.2) is 18.6 Å². The number of aliphatic hydroxyl groups excluding tert-OH is 2. The number of fused-ring (bicyclic) bond motifs is 1. The molecule has 10 nitrogen and oxygen atoms in total. The summed E-state index contributed by atoms with van der Waals surface area (Å²) < 4.78 is 12.2. The largest absolute Gasteiger partial charge is 0.463 e. The molecule has 0 aromatic carbocycles. The van der Waals surface area contributed by atoms with E-state index in [0.717, 1.165) is 0 Å². The van der Waals surface area contributed by atoms with Gasteiger partial charge in [0.15, 0.2) is 6.23 Å². The van der Waals surface area contributed by atoms with Crippen molar-refractivity contribution in [3.8, 4) is 0 Å². The van der Waals surface area contributed by atoms with E-state index in [9.17, 15) is 20.1 Å². The minimum atomic E-state index is -1.70. The van der Waals surface area contributed by atoms with Crippen LogP contribution >= 0.6 is 0 Å². The minimum absolute atomic E-state index is 0.187. The summed E-state index contributed by atoms with van der Waals surface area (Å²) in [4.78, 5) is 20.1. The zero-order chi connectivity index (χ0) is 20.6. The van der Waals surface area contributed by atoms with Gasteiger partial charge in [-0.25, -0.2) is 14.8 Å². The van der Waals surface area contributed by atoms with Crippen molar-refractivity contribution in [2.24, 2.45) is 0 Å². The lowest BCUT2D eigenvalue weighted by molar-refractivity contribution is -0.137. The number of ether oxygens (including phenoxy) is 2. The molecule has 4 atom stereocenters. The number of allylic oxidation sites excluding steroid dienone is 1. The Morgan fingerprint density at radius 2 is 2.21 bits per heavy atom. The molecule has 0 aliphatic carbocycles. The molecule has 1 fully saturated rings. The zero-order valence-corrected chi connectivity index (χ0v) is 15.9. The van der Waals surface area contributed by atoms with Gasteiger partial charge in [-0.1, -0.05) is 0 Å². The van der Waals surface area contributed by atoms with Gasteiger partial charge in [-0.05, 0) is 26.3 Å². The Morgan fingerprint density at radius 3 is 2.82 bits per heavy atom. The van der Waals surface area contributed by atoms with Crippen molar-refractivity contribution in [3.63, 3.8) is 0 Å². The molecule has 0 radical (unpaired) electrons. The zero-order valence-electron chi connectivity index (χ0n) is 15.9. The van der Waals surface area contributed by atoms with Crippen LogP contribution < -0.4 is 5.73 Å². The third kappa shape index (κ3) is 3.24. The maximum atomic E-state index is 11.8. The number of hydrogen-bond donors (Lipinski definition) is 4. The van der Waals surface area contributed by atoms with Gasteiger partial charge in [-0.15, -0.1) is 0 Å². The molecule has 5 N–H and O–H groups in total. The second-order valence-corrected chi connectivity index (χ2v) is 6.87. The standard InChI is InChI=1S/C18H24N4O6/c1-4-27-12(24)5-9(2)10-6-22(16-13(10)15(19)20-8-21-16)17-18(3,26)14(25)11(7-23)28-17/h5-6,8,11,14,17,23,25-26H,4,7H2,1-3H3,(H2,19,20,21)/t11-,14-,17?,18?/m1/s1. The molecule has 0 saturated carbocycles. The van der Waals surface area contributed by atoms with Gasteiger partial charge in [0, 0.05) is 17.8 Å². The maximum Gasteiger partial charge on any atom is 0.331 e. The van der Waals surface area contributed by atoms with Gasteiger partial charge < -0.3 is 35.1 Å². The van der Waals surface area contributed by atoms with E-state index < -0.39 is 36.6 Å². The van der Waals surface area contributed by atoms with Gasteiger partial charge in [0.2, 0.25) is 0 Å². The molecule has 0 bridgehead atoms. The lowest BCUT2D eigenvalue weighted by Gasteiger charge is -2.27. The predicted molar refractivity (Wildman–Crippen MR) is 99.9 cm³/mol. The second kappa shape index (κ2) is 7.47. The first-order valence-corrected chi connectivity index (χ1v) is 8.85. The van der Waals surface area contributed by atoms with Gasteiger partial charge in [0.1, 0.15) is 35.6 Å². The summed E-state index contributed by atoms with van der Waals surface area (Å²) in [6.07, 6.45) is 0.905. The van der Waals surface area contributed by atoms with Gasteiger partial charge in [-0.3, -0.25) is 0 Å². The molecule has 2 aromatic rings. The van der Waals surface area contributed by atoms with Crippen LogP contribution in [0.5, 0.6) is 0 Å². The average Bonchev–Trinajstić information content (AvgIpc) is 3.12. The topological polar surface area (TPSA) is 153 Å². The number of carbonyl (C=O) groups excluding carboxylic acids is 1. The van der Waals surface area contributed by atoms with Crippen LogP contribution in [0.4, 0.5) is 5.82 Å². The molecule has 28 heavy (non-hydrogen) atoms. The highest BCUT2D eigenvalue weighted by atomic mass is 16.6. The van der Waals surface area contributed by atoms with Gasteiger partial charge in [0.25, 0.3) is 0 Å². The van der Waals surface area contributed by atoms with E-state index in [0.29, 0.717) is 22.2 Å². The molecule has 1 saturated heterocycles. The molecular formula is C18H24N4O6. The number of nitrogen functional groups attached to an aromatic ring is 1. The molecule has 152 valence electrons. The third-order valence-electron chi connectivity index (χ3n) is 4.87. The highest BCUT2D eigenvalue weighted by molar-refractivity contribution is 6.01. The number of carbonyl (C=O) groups is 1. The van der Waals surface area contributed by atoms with Crippen LogP contribution in [0.2, 0.25) is 0 Å². The van der Waals surface area contributed by atoms with E-state index >= 15 is 0 Å². The number of rotatable bonds is 5. The Kier molecular flexibility index (Phi) is 5.39. The van der Waals surface area contributed by atoms with E-state index in [1.54, 1.807) is 20.0 Å². The smallest absolute Gasteiger partial charge is 0.331 e. The van der Waals surface area contributed by atoms with Gasteiger partial charge in [-0.2, -0.15) is 0 Å². The monoisotopic (exact) mass is 392 g/mol. The Labute approximate surface area is 161 Å². The van der Waals surface area contributed by atoms with Crippen molar-refractivity contribution in [1.29, 1.82) is 0 Å². The molecule has 3 heterocycles. The predicted octanol–water partition coefficient (Wildman–Crippen LogP) is -0.0185. The molecule has 1 aliphatic heterocycles. The van der Waals surface area contributed by atoms with Crippen molar-refractivity contribution >= 4 is 28.4 Å². The Bertz CT molecular complexity index is 922. The number of aromatic nitrogens is 3. The van der Waals surface area contributed by atoms with Crippen molar-refractivity contribution in [2.45, 2.75) is 44.8 Å². The Morgan fingerprint density at radius 1 is 1.50 bits per heavy atom. The van der Waals surface area contributed by atoms with Crippen LogP contribution in [0.25, 0.3) is 16.6 Å². The lowest BCUT2D eigenvalue weighted by Crippen LogP contribution is -2.44. The van der Waals surface area contributed by atoms with Crippen molar-refractivity contribution in [3.05, 3.63) is 24.2 Å². The van der Waals surface area contributed by atoms with Crippen LogP contribution in [-0.4, -0.2) is 66.8 Å². The highest BCUT2D eigenvalue weighted by Crippen LogP contribution is 2.41. The molecule has 2 unspecified atom stereocenters. The lowest BCUT2D eigenvalue weighted by atomic mass is 9.96. The van der Waals surface area contributed by atoms with E-state index in [-0.39, 0.29) is 12.4 Å². The molecule has 0 spiro atoms. The van der Waals surface area contributed by atoms with Crippen molar-refractivity contribution in [2.75, 3.05) is 18.9 Å². The first-order valence-electron chi connectivity index (χ1n) is 8.85. The summed E-state index contributed by atoms with van der Waals surface area (Å²) in [5, 5.41) is 31.0. The van der Waals surface area contributed by atoms with Crippen LogP contribution in [0, 0.1) is 0 Å². The number of anilines is 1. The van der Waals surface area contributed by atoms with Crippen molar-refractivity contribution < 1.29 is 29.6 Å². The molecule has 2 aromatic heterocycles. The van der Waals surface area contributed by atoms with Gasteiger partial charge in [0.05, 0.1) is 18.6 Å². The van der Waals surface area contributed by atoms with E-state index in [2.05, 4.69) is 9.97 Å². The summed E-state index contributed by atoms with van der Waals surface area (Å²) in [7, 11) is 0. The van der Waals surface area contributed by atoms with E-state index in [1.807, 2.05) is 0 Å². The molecular weight excluding hydrogens is 368 g/mol. The quantitative estimate of drug-likeness (QED) is 0.406. The normalized spacial score (nSPS) is 28.1. The first kappa shape index (κ1) is 20.2. The summed E-state index contributed by atoms with van der Waals surface area (Å²) in [6.45, 7) is 4.62. The molecule has 0 amide bonds. The number of aliphatic hydroxyl groups is 3.